The van der Waals surface area contributed by atoms with Crippen molar-refractivity contribution in [3.8, 4) is 11.1 Å². The van der Waals surface area contributed by atoms with Gasteiger partial charge in [0.1, 0.15) is 0 Å². The Balaban J connectivity index is 2.06. The Morgan fingerprint density at radius 3 is 2.38 bits per heavy atom. The third-order valence-electron chi connectivity index (χ3n) is 3.83. The summed E-state index contributed by atoms with van der Waals surface area (Å²) < 4.78 is 25.4. The summed E-state index contributed by atoms with van der Waals surface area (Å²) in [6.07, 6.45) is 2.53. The average molecular weight is 388 g/mol. The summed E-state index contributed by atoms with van der Waals surface area (Å²) in [4.78, 5) is 15.3. The molecule has 5 nitrogen and oxygen atoms in total. The van der Waals surface area contributed by atoms with Crippen LogP contribution in [0.5, 0.6) is 0 Å². The first kappa shape index (κ1) is 18.1. The molecular formula is C19H14ClNO4S. The van der Waals surface area contributed by atoms with Crippen molar-refractivity contribution in [3.63, 3.8) is 0 Å². The molecule has 0 unspecified atom stereocenters. The molecule has 0 radical (unpaired) electrons. The predicted molar refractivity (Wildman–Crippen MR) is 99.0 cm³/mol. The Bertz CT molecular complexity index is 1070. The van der Waals surface area contributed by atoms with Gasteiger partial charge in [-0.15, -0.1) is 0 Å². The van der Waals surface area contributed by atoms with Gasteiger partial charge in [-0.25, -0.2) is 13.2 Å². The Labute approximate surface area is 155 Å². The SMILES string of the molecule is O=C(O)c1ccc(-c2ccccc2)cc1CS(=O)(=O)c1cncc(Cl)c1. The molecule has 0 atom stereocenters. The first-order chi connectivity index (χ1) is 12.4. The van der Waals surface area contributed by atoms with E-state index in [0.717, 1.165) is 11.1 Å². The molecule has 0 aliphatic carbocycles. The number of pyridine rings is 1. The second-order valence-corrected chi connectivity index (χ2v) is 8.07. The van der Waals surface area contributed by atoms with E-state index in [1.165, 1.54) is 24.5 Å². The minimum Gasteiger partial charge on any atom is -0.478 e. The van der Waals surface area contributed by atoms with E-state index in [-0.39, 0.29) is 21.0 Å². The van der Waals surface area contributed by atoms with E-state index in [9.17, 15) is 18.3 Å². The smallest absolute Gasteiger partial charge is 0.335 e. The van der Waals surface area contributed by atoms with Crippen LogP contribution >= 0.6 is 11.6 Å². The number of carboxylic acid groups (broad SMARTS) is 1. The van der Waals surface area contributed by atoms with Crippen LogP contribution in [0.3, 0.4) is 0 Å². The van der Waals surface area contributed by atoms with E-state index >= 15 is 0 Å². The van der Waals surface area contributed by atoms with Crippen LogP contribution < -0.4 is 0 Å². The molecule has 0 aliphatic rings. The van der Waals surface area contributed by atoms with Crippen molar-refractivity contribution in [3.05, 3.63) is 83.1 Å². The van der Waals surface area contributed by atoms with Crippen molar-refractivity contribution in [2.75, 3.05) is 0 Å². The highest BCUT2D eigenvalue weighted by Crippen LogP contribution is 2.26. The summed E-state index contributed by atoms with van der Waals surface area (Å²) in [5, 5.41) is 9.61. The topological polar surface area (TPSA) is 84.3 Å². The average Bonchev–Trinajstić information content (AvgIpc) is 2.62. The zero-order valence-electron chi connectivity index (χ0n) is 13.5. The number of rotatable bonds is 5. The molecule has 132 valence electrons. The van der Waals surface area contributed by atoms with Gasteiger partial charge < -0.3 is 5.11 Å². The maximum atomic E-state index is 12.7. The van der Waals surface area contributed by atoms with Crippen molar-refractivity contribution in [1.82, 2.24) is 4.98 Å². The molecular weight excluding hydrogens is 374 g/mol. The minimum absolute atomic E-state index is 0.0496. The lowest BCUT2D eigenvalue weighted by molar-refractivity contribution is 0.0696. The molecule has 26 heavy (non-hydrogen) atoms. The summed E-state index contributed by atoms with van der Waals surface area (Å²) in [6.45, 7) is 0. The highest BCUT2D eigenvalue weighted by molar-refractivity contribution is 7.90. The molecule has 0 fully saturated rings. The van der Waals surface area contributed by atoms with E-state index < -0.39 is 21.6 Å². The van der Waals surface area contributed by atoms with Crippen molar-refractivity contribution >= 4 is 27.4 Å². The molecule has 3 aromatic rings. The number of aromatic carboxylic acids is 1. The van der Waals surface area contributed by atoms with Gasteiger partial charge in [0.25, 0.3) is 0 Å². The Morgan fingerprint density at radius 1 is 1.00 bits per heavy atom. The standard InChI is InChI=1S/C19H14ClNO4S/c20-16-9-17(11-21-10-16)26(24,25)12-15-8-14(6-7-18(15)19(22)23)13-4-2-1-3-5-13/h1-11H,12H2,(H,22,23). The van der Waals surface area contributed by atoms with Gasteiger partial charge in [0.2, 0.25) is 0 Å². The van der Waals surface area contributed by atoms with Crippen molar-refractivity contribution in [2.24, 2.45) is 0 Å². The lowest BCUT2D eigenvalue weighted by Crippen LogP contribution is -2.10. The van der Waals surface area contributed by atoms with Gasteiger partial charge in [0, 0.05) is 12.4 Å². The Hall–Kier alpha value is -2.70. The number of carbonyl (C=O) groups is 1. The molecule has 0 amide bonds. The molecule has 0 aliphatic heterocycles. The van der Waals surface area contributed by atoms with Gasteiger partial charge in [0.05, 0.1) is 21.2 Å². The number of hydrogen-bond donors (Lipinski definition) is 1. The van der Waals surface area contributed by atoms with E-state index in [1.54, 1.807) is 12.1 Å². The lowest BCUT2D eigenvalue weighted by Gasteiger charge is -2.10. The Morgan fingerprint density at radius 2 is 1.73 bits per heavy atom. The molecule has 0 saturated heterocycles. The highest BCUT2D eigenvalue weighted by atomic mass is 35.5. The molecule has 0 spiro atoms. The summed E-state index contributed by atoms with van der Waals surface area (Å²) in [5.41, 5.74) is 1.76. The summed E-state index contributed by atoms with van der Waals surface area (Å²) in [7, 11) is -3.80. The van der Waals surface area contributed by atoms with E-state index in [0.29, 0.717) is 0 Å². The molecule has 3 rings (SSSR count). The van der Waals surface area contributed by atoms with E-state index in [1.807, 2.05) is 30.3 Å². The molecule has 1 N–H and O–H groups in total. The maximum absolute atomic E-state index is 12.7. The summed E-state index contributed by atoms with van der Waals surface area (Å²) in [5.74, 6) is -1.64. The van der Waals surface area contributed by atoms with Crippen LogP contribution in [0.25, 0.3) is 11.1 Å². The van der Waals surface area contributed by atoms with Crippen LogP contribution in [0.1, 0.15) is 15.9 Å². The van der Waals surface area contributed by atoms with Crippen molar-refractivity contribution in [1.29, 1.82) is 0 Å². The number of hydrogen-bond acceptors (Lipinski definition) is 4. The third-order valence-corrected chi connectivity index (χ3v) is 5.67. The van der Waals surface area contributed by atoms with Gasteiger partial charge in [0.15, 0.2) is 9.84 Å². The number of halogens is 1. The van der Waals surface area contributed by atoms with E-state index in [4.69, 9.17) is 11.6 Å². The first-order valence-corrected chi connectivity index (χ1v) is 9.65. The van der Waals surface area contributed by atoms with Crippen LogP contribution in [-0.2, 0) is 15.6 Å². The van der Waals surface area contributed by atoms with Crippen molar-refractivity contribution < 1.29 is 18.3 Å². The zero-order chi connectivity index (χ0) is 18.7. The molecule has 2 aromatic carbocycles. The highest BCUT2D eigenvalue weighted by Gasteiger charge is 2.21. The molecule has 1 heterocycles. The summed E-state index contributed by atoms with van der Waals surface area (Å²) >= 11 is 5.82. The van der Waals surface area contributed by atoms with Crippen LogP contribution in [0.4, 0.5) is 0 Å². The van der Waals surface area contributed by atoms with Gasteiger partial charge in [-0.3, -0.25) is 4.98 Å². The number of aromatic nitrogens is 1. The largest absolute Gasteiger partial charge is 0.478 e. The van der Waals surface area contributed by atoms with Crippen LogP contribution in [0.15, 0.2) is 71.9 Å². The second kappa shape index (κ2) is 7.27. The summed E-state index contributed by atoms with van der Waals surface area (Å²) in [6, 6.07) is 15.3. The minimum atomic E-state index is -3.80. The van der Waals surface area contributed by atoms with Crippen LogP contribution in [0, 0.1) is 0 Å². The number of benzene rings is 2. The Kier molecular flexibility index (Phi) is 5.06. The number of sulfone groups is 1. The molecule has 0 bridgehead atoms. The van der Waals surface area contributed by atoms with Crippen molar-refractivity contribution in [2.45, 2.75) is 10.6 Å². The van der Waals surface area contributed by atoms with Gasteiger partial charge >= 0.3 is 5.97 Å². The van der Waals surface area contributed by atoms with Crippen LogP contribution in [0.2, 0.25) is 5.02 Å². The maximum Gasteiger partial charge on any atom is 0.335 e. The number of nitrogens with zero attached hydrogens (tertiary/aromatic N) is 1. The monoisotopic (exact) mass is 387 g/mol. The fraction of sp³-hybridized carbons (Fsp3) is 0.0526. The van der Waals surface area contributed by atoms with E-state index in [2.05, 4.69) is 4.98 Å². The fourth-order valence-corrected chi connectivity index (χ4v) is 4.16. The quantitative estimate of drug-likeness (QED) is 0.713. The predicted octanol–water partition coefficient (Wildman–Crippen LogP) is 4.07. The molecule has 0 saturated carbocycles. The fourth-order valence-electron chi connectivity index (χ4n) is 2.58. The van der Waals surface area contributed by atoms with Gasteiger partial charge in [-0.05, 0) is 34.9 Å². The second-order valence-electron chi connectivity index (χ2n) is 5.64. The first-order valence-electron chi connectivity index (χ1n) is 7.62. The van der Waals surface area contributed by atoms with Crippen LogP contribution in [-0.4, -0.2) is 24.5 Å². The number of carboxylic acids is 1. The zero-order valence-corrected chi connectivity index (χ0v) is 15.0. The molecule has 1 aromatic heterocycles. The van der Waals surface area contributed by atoms with Gasteiger partial charge in [-0.2, -0.15) is 0 Å². The molecule has 7 heteroatoms. The van der Waals surface area contributed by atoms with Gasteiger partial charge in [-0.1, -0.05) is 48.0 Å². The lowest BCUT2D eigenvalue weighted by atomic mass is 10.00. The third kappa shape index (κ3) is 3.92. The normalized spacial score (nSPS) is 11.3.